The molecule has 3 atom stereocenters. The highest BCUT2D eigenvalue weighted by Gasteiger charge is 2.44. The van der Waals surface area contributed by atoms with Crippen molar-refractivity contribution in [1.29, 1.82) is 0 Å². The summed E-state index contributed by atoms with van der Waals surface area (Å²) in [6.45, 7) is 4.12. The zero-order chi connectivity index (χ0) is 17.1. The lowest BCUT2D eigenvalue weighted by Gasteiger charge is -2.45. The van der Waals surface area contributed by atoms with Crippen LogP contribution in [0.2, 0.25) is 0 Å². The van der Waals surface area contributed by atoms with Crippen molar-refractivity contribution in [1.82, 2.24) is 4.90 Å². The van der Waals surface area contributed by atoms with Crippen molar-refractivity contribution >= 4 is 12.2 Å². The Morgan fingerprint density at radius 2 is 1.50 bits per heavy atom. The highest BCUT2D eigenvalue weighted by Crippen LogP contribution is 2.44. The molecule has 1 amide bonds. The first-order valence-electron chi connectivity index (χ1n) is 8.48. The smallest absolute Gasteiger partial charge is 0.210 e. The van der Waals surface area contributed by atoms with Crippen molar-refractivity contribution < 1.29 is 9.59 Å². The third-order valence-electron chi connectivity index (χ3n) is 4.95. The Labute approximate surface area is 143 Å². The average Bonchev–Trinajstić information content (AvgIpc) is 2.62. The summed E-state index contributed by atoms with van der Waals surface area (Å²) in [4.78, 5) is 26.8. The number of ketones is 1. The molecule has 1 heterocycles. The molecule has 0 aliphatic carbocycles. The Balaban J connectivity index is 2.08. The molecular weight excluding hydrogens is 298 g/mol. The van der Waals surface area contributed by atoms with E-state index in [9.17, 15) is 9.59 Å². The number of likely N-dealkylation sites (tertiary alicyclic amines) is 1. The standard InChI is InChI=1S/C21H23NO2/c1-15(2)20-19(24)13-18(16-9-5-3-6-10-16)22(14-23)21(20)17-11-7-4-8-12-17/h3-12,14-15,18,20-21H,13H2,1-2H3/t18-,20+,21-/m1/s1. The Morgan fingerprint density at radius 1 is 0.958 bits per heavy atom. The zero-order valence-electron chi connectivity index (χ0n) is 14.1. The third-order valence-corrected chi connectivity index (χ3v) is 4.95. The summed E-state index contributed by atoms with van der Waals surface area (Å²) >= 11 is 0. The average molecular weight is 321 g/mol. The fraction of sp³-hybridized carbons (Fsp3) is 0.333. The molecule has 1 saturated heterocycles. The van der Waals surface area contributed by atoms with E-state index in [4.69, 9.17) is 0 Å². The number of Topliss-reactive ketones (excluding diaryl/α,β-unsaturated/α-hetero) is 1. The summed E-state index contributed by atoms with van der Waals surface area (Å²) in [7, 11) is 0. The van der Waals surface area contributed by atoms with Gasteiger partial charge in [0.25, 0.3) is 0 Å². The number of piperidine rings is 1. The number of nitrogens with zero attached hydrogens (tertiary/aromatic N) is 1. The summed E-state index contributed by atoms with van der Waals surface area (Å²) in [6.07, 6.45) is 1.30. The number of hydrogen-bond acceptors (Lipinski definition) is 2. The van der Waals surface area contributed by atoms with E-state index >= 15 is 0 Å². The van der Waals surface area contributed by atoms with E-state index < -0.39 is 0 Å². The quantitative estimate of drug-likeness (QED) is 0.793. The Morgan fingerprint density at radius 3 is 2.00 bits per heavy atom. The first-order chi connectivity index (χ1) is 11.6. The molecule has 1 aliphatic heterocycles. The van der Waals surface area contributed by atoms with Gasteiger partial charge < -0.3 is 4.90 Å². The minimum Gasteiger partial charge on any atom is -0.330 e. The molecule has 3 nitrogen and oxygen atoms in total. The maximum absolute atomic E-state index is 12.9. The molecule has 124 valence electrons. The lowest BCUT2D eigenvalue weighted by atomic mass is 9.74. The number of hydrogen-bond donors (Lipinski definition) is 0. The van der Waals surface area contributed by atoms with Crippen molar-refractivity contribution in [2.75, 3.05) is 0 Å². The van der Waals surface area contributed by atoms with Gasteiger partial charge >= 0.3 is 0 Å². The first-order valence-corrected chi connectivity index (χ1v) is 8.48. The zero-order valence-corrected chi connectivity index (χ0v) is 14.1. The lowest BCUT2D eigenvalue weighted by molar-refractivity contribution is -0.141. The van der Waals surface area contributed by atoms with Crippen LogP contribution in [0.15, 0.2) is 60.7 Å². The molecule has 2 aromatic rings. The summed E-state index contributed by atoms with van der Waals surface area (Å²) in [5.41, 5.74) is 2.04. The largest absolute Gasteiger partial charge is 0.330 e. The van der Waals surface area contributed by atoms with E-state index in [1.807, 2.05) is 65.6 Å². The number of benzene rings is 2. The van der Waals surface area contributed by atoms with Gasteiger partial charge in [0, 0.05) is 12.3 Å². The van der Waals surface area contributed by atoms with Crippen molar-refractivity contribution in [2.24, 2.45) is 11.8 Å². The number of carbonyl (C=O) groups excluding carboxylic acids is 2. The van der Waals surface area contributed by atoms with Gasteiger partial charge in [-0.1, -0.05) is 74.5 Å². The van der Waals surface area contributed by atoms with Crippen LogP contribution in [-0.4, -0.2) is 17.1 Å². The van der Waals surface area contributed by atoms with Crippen molar-refractivity contribution in [3.8, 4) is 0 Å². The van der Waals surface area contributed by atoms with E-state index in [1.165, 1.54) is 0 Å². The van der Waals surface area contributed by atoms with Gasteiger partial charge in [0.2, 0.25) is 6.41 Å². The first kappa shape index (κ1) is 16.4. The Hall–Kier alpha value is -2.42. The summed E-state index contributed by atoms with van der Waals surface area (Å²) in [6, 6.07) is 19.3. The fourth-order valence-electron chi connectivity index (χ4n) is 3.86. The molecule has 24 heavy (non-hydrogen) atoms. The minimum absolute atomic E-state index is 0.169. The molecule has 0 bridgehead atoms. The fourth-order valence-corrected chi connectivity index (χ4v) is 3.86. The van der Waals surface area contributed by atoms with Gasteiger partial charge in [-0.05, 0) is 17.0 Å². The highest BCUT2D eigenvalue weighted by molar-refractivity contribution is 5.85. The number of rotatable bonds is 4. The summed E-state index contributed by atoms with van der Waals surface area (Å²) in [5.74, 6) is 0.255. The van der Waals surface area contributed by atoms with Crippen molar-refractivity contribution in [3.05, 3.63) is 71.8 Å². The molecule has 0 aromatic heterocycles. The molecule has 3 rings (SSSR count). The second-order valence-corrected chi connectivity index (χ2v) is 6.77. The molecule has 1 fully saturated rings. The third kappa shape index (κ3) is 2.99. The van der Waals surface area contributed by atoms with Crippen LogP contribution >= 0.6 is 0 Å². The Kier molecular flexibility index (Phi) is 4.79. The molecule has 3 heteroatoms. The van der Waals surface area contributed by atoms with Gasteiger partial charge in [-0.2, -0.15) is 0 Å². The molecular formula is C21H23NO2. The van der Waals surface area contributed by atoms with Crippen LogP contribution in [0.25, 0.3) is 0 Å². The SMILES string of the molecule is CC(C)[C@H]1C(=O)C[C@H](c2ccccc2)N(C=O)[C@@H]1c1ccccc1. The van der Waals surface area contributed by atoms with Crippen LogP contribution < -0.4 is 0 Å². The number of carbonyl (C=O) groups is 2. The second kappa shape index (κ2) is 7.00. The predicted octanol–water partition coefficient (Wildman–Crippen LogP) is 4.17. The van der Waals surface area contributed by atoms with Crippen LogP contribution in [0, 0.1) is 11.8 Å². The van der Waals surface area contributed by atoms with Crippen molar-refractivity contribution in [2.45, 2.75) is 32.4 Å². The van der Waals surface area contributed by atoms with Crippen LogP contribution in [0.1, 0.15) is 43.5 Å². The minimum atomic E-state index is -0.213. The van der Waals surface area contributed by atoms with Gasteiger partial charge in [0.15, 0.2) is 0 Å². The Bertz CT molecular complexity index is 696. The molecule has 1 aliphatic rings. The second-order valence-electron chi connectivity index (χ2n) is 6.77. The molecule has 0 saturated carbocycles. The van der Waals surface area contributed by atoms with E-state index in [1.54, 1.807) is 0 Å². The molecule has 0 N–H and O–H groups in total. The van der Waals surface area contributed by atoms with E-state index in [0.717, 1.165) is 17.5 Å². The lowest BCUT2D eigenvalue weighted by Crippen LogP contribution is -2.46. The topological polar surface area (TPSA) is 37.4 Å². The highest BCUT2D eigenvalue weighted by atomic mass is 16.1. The van der Waals surface area contributed by atoms with Crippen LogP contribution in [0.3, 0.4) is 0 Å². The monoisotopic (exact) mass is 321 g/mol. The van der Waals surface area contributed by atoms with Crippen molar-refractivity contribution in [3.63, 3.8) is 0 Å². The number of amides is 1. The van der Waals surface area contributed by atoms with Crippen LogP contribution in [0.5, 0.6) is 0 Å². The van der Waals surface area contributed by atoms with Gasteiger partial charge in [0.05, 0.1) is 12.1 Å². The molecule has 0 radical (unpaired) electrons. The maximum atomic E-state index is 12.9. The maximum Gasteiger partial charge on any atom is 0.210 e. The molecule has 2 aromatic carbocycles. The molecule has 0 spiro atoms. The van der Waals surface area contributed by atoms with Gasteiger partial charge in [0.1, 0.15) is 5.78 Å². The van der Waals surface area contributed by atoms with Crippen LogP contribution in [-0.2, 0) is 9.59 Å². The predicted molar refractivity (Wildman–Crippen MR) is 94.2 cm³/mol. The van der Waals surface area contributed by atoms with E-state index in [-0.39, 0.29) is 29.7 Å². The van der Waals surface area contributed by atoms with Crippen LogP contribution in [0.4, 0.5) is 0 Å². The summed E-state index contributed by atoms with van der Waals surface area (Å²) in [5, 5.41) is 0. The van der Waals surface area contributed by atoms with E-state index in [0.29, 0.717) is 6.42 Å². The normalized spacial score (nSPS) is 24.2. The summed E-state index contributed by atoms with van der Waals surface area (Å²) < 4.78 is 0. The molecule has 0 unspecified atom stereocenters. The van der Waals surface area contributed by atoms with E-state index in [2.05, 4.69) is 13.8 Å². The van der Waals surface area contributed by atoms with Gasteiger partial charge in [-0.25, -0.2) is 0 Å². The van der Waals surface area contributed by atoms with Gasteiger partial charge in [-0.15, -0.1) is 0 Å². The van der Waals surface area contributed by atoms with Gasteiger partial charge in [-0.3, -0.25) is 9.59 Å².